The molecule has 0 bridgehead atoms. The van der Waals surface area contributed by atoms with Crippen molar-refractivity contribution in [3.05, 3.63) is 44.9 Å². The van der Waals surface area contributed by atoms with Gasteiger partial charge in [-0.05, 0) is 18.2 Å². The maximum atomic E-state index is 10.3. The first-order valence-corrected chi connectivity index (χ1v) is 8.20. The highest BCUT2D eigenvalue weighted by molar-refractivity contribution is 7.09. The molecule has 2 heterocycles. The van der Waals surface area contributed by atoms with Gasteiger partial charge in [0.15, 0.2) is 0 Å². The Kier molecular flexibility index (Phi) is 3.72. The smallest absolute Gasteiger partial charge is 0.144 e. The Labute approximate surface area is 133 Å². The van der Waals surface area contributed by atoms with Crippen LogP contribution in [0.2, 0.25) is 5.02 Å². The fourth-order valence-corrected chi connectivity index (χ4v) is 3.51. The molecule has 1 aromatic heterocycles. The minimum atomic E-state index is -0.572. The van der Waals surface area contributed by atoms with Crippen molar-refractivity contribution in [1.82, 2.24) is 4.98 Å². The summed E-state index contributed by atoms with van der Waals surface area (Å²) >= 11 is 7.61. The average Bonchev–Trinajstić information content (AvgIpc) is 2.89. The molecular weight excluding hydrogens is 306 g/mol. The van der Waals surface area contributed by atoms with Crippen LogP contribution in [-0.2, 0) is 5.41 Å². The Bertz CT molecular complexity index is 663. The summed E-state index contributed by atoms with van der Waals surface area (Å²) in [5, 5.41) is 14.0. The molecule has 0 saturated carbocycles. The van der Waals surface area contributed by atoms with Gasteiger partial charge in [0.05, 0.1) is 16.8 Å². The Balaban J connectivity index is 1.89. The first-order valence-electron chi connectivity index (χ1n) is 6.94. The summed E-state index contributed by atoms with van der Waals surface area (Å²) in [6.07, 6.45) is -0.279. The number of halogens is 1. The molecule has 0 amide bonds. The molecule has 0 saturated heterocycles. The Hall–Kier alpha value is -1.10. The van der Waals surface area contributed by atoms with Crippen LogP contribution in [0.4, 0.5) is 0 Å². The Morgan fingerprint density at radius 3 is 2.81 bits per heavy atom. The van der Waals surface area contributed by atoms with Crippen molar-refractivity contribution in [2.75, 3.05) is 0 Å². The van der Waals surface area contributed by atoms with Gasteiger partial charge in [-0.15, -0.1) is 11.3 Å². The zero-order chi connectivity index (χ0) is 15.2. The number of fused-ring (bicyclic) bond motifs is 1. The van der Waals surface area contributed by atoms with E-state index in [-0.39, 0.29) is 11.5 Å². The highest BCUT2D eigenvalue weighted by atomic mass is 35.5. The first-order chi connectivity index (χ1) is 9.84. The molecule has 3 rings (SSSR count). The maximum absolute atomic E-state index is 10.3. The molecule has 21 heavy (non-hydrogen) atoms. The standard InChI is InChI=1S/C16H18ClNO2S/c1-16(2,3)15-18-11(8-21-15)14-7-12(19)10-6-9(17)4-5-13(10)20-14/h4-6,8,12,14,19H,7H2,1-3H3. The van der Waals surface area contributed by atoms with Crippen molar-refractivity contribution in [3.63, 3.8) is 0 Å². The van der Waals surface area contributed by atoms with E-state index in [2.05, 4.69) is 25.8 Å². The van der Waals surface area contributed by atoms with Gasteiger partial charge in [0, 0.05) is 27.8 Å². The van der Waals surface area contributed by atoms with Crippen molar-refractivity contribution >= 4 is 22.9 Å². The average molecular weight is 324 g/mol. The Morgan fingerprint density at radius 2 is 2.14 bits per heavy atom. The van der Waals surface area contributed by atoms with Gasteiger partial charge in [0.2, 0.25) is 0 Å². The van der Waals surface area contributed by atoms with E-state index in [9.17, 15) is 5.11 Å². The summed E-state index contributed by atoms with van der Waals surface area (Å²) in [6, 6.07) is 5.35. The lowest BCUT2D eigenvalue weighted by Crippen LogP contribution is -2.20. The number of rotatable bonds is 1. The summed E-state index contributed by atoms with van der Waals surface area (Å²) in [4.78, 5) is 4.69. The largest absolute Gasteiger partial charge is 0.484 e. The van der Waals surface area contributed by atoms with E-state index >= 15 is 0 Å². The molecule has 5 heteroatoms. The van der Waals surface area contributed by atoms with Crippen LogP contribution < -0.4 is 4.74 Å². The fourth-order valence-electron chi connectivity index (χ4n) is 2.38. The van der Waals surface area contributed by atoms with Crippen molar-refractivity contribution in [1.29, 1.82) is 0 Å². The van der Waals surface area contributed by atoms with Gasteiger partial charge in [-0.25, -0.2) is 4.98 Å². The lowest BCUT2D eigenvalue weighted by atomic mass is 9.97. The minimum Gasteiger partial charge on any atom is -0.484 e. The van der Waals surface area contributed by atoms with Gasteiger partial charge in [0.1, 0.15) is 11.9 Å². The lowest BCUT2D eigenvalue weighted by Gasteiger charge is -2.28. The van der Waals surface area contributed by atoms with E-state index in [1.807, 2.05) is 11.4 Å². The number of hydrogen-bond acceptors (Lipinski definition) is 4. The molecule has 0 spiro atoms. The van der Waals surface area contributed by atoms with Crippen molar-refractivity contribution in [2.24, 2.45) is 0 Å². The molecular formula is C16H18ClNO2S. The predicted octanol–water partition coefficient (Wildman–Crippen LogP) is 4.65. The summed E-state index contributed by atoms with van der Waals surface area (Å²) < 4.78 is 5.99. The number of thiazole rings is 1. The Morgan fingerprint density at radius 1 is 1.38 bits per heavy atom. The number of hydrogen-bond donors (Lipinski definition) is 1. The SMILES string of the molecule is CC(C)(C)c1nc(C2CC(O)c3cc(Cl)ccc3O2)cs1. The van der Waals surface area contributed by atoms with Crippen LogP contribution in [0, 0.1) is 0 Å². The number of aliphatic hydroxyl groups is 1. The maximum Gasteiger partial charge on any atom is 0.144 e. The lowest BCUT2D eigenvalue weighted by molar-refractivity contribution is 0.0639. The van der Waals surface area contributed by atoms with E-state index in [0.29, 0.717) is 17.2 Å². The highest BCUT2D eigenvalue weighted by Crippen LogP contribution is 2.42. The molecule has 0 aliphatic carbocycles. The van der Waals surface area contributed by atoms with Gasteiger partial charge in [0.25, 0.3) is 0 Å². The van der Waals surface area contributed by atoms with Gasteiger partial charge in [-0.3, -0.25) is 0 Å². The monoisotopic (exact) mass is 323 g/mol. The first kappa shape index (κ1) is 14.8. The van der Waals surface area contributed by atoms with Crippen molar-refractivity contribution in [2.45, 2.75) is 44.8 Å². The van der Waals surface area contributed by atoms with Gasteiger partial charge in [-0.2, -0.15) is 0 Å². The van der Waals surface area contributed by atoms with E-state index in [1.165, 1.54) is 0 Å². The topological polar surface area (TPSA) is 42.4 Å². The van der Waals surface area contributed by atoms with Crippen LogP contribution >= 0.6 is 22.9 Å². The second-order valence-electron chi connectivity index (χ2n) is 6.37. The van der Waals surface area contributed by atoms with Crippen LogP contribution in [0.3, 0.4) is 0 Å². The van der Waals surface area contributed by atoms with Gasteiger partial charge < -0.3 is 9.84 Å². The molecule has 1 N–H and O–H groups in total. The van der Waals surface area contributed by atoms with E-state index < -0.39 is 6.10 Å². The third-order valence-electron chi connectivity index (χ3n) is 3.53. The molecule has 112 valence electrons. The molecule has 0 radical (unpaired) electrons. The molecule has 1 aliphatic rings. The summed E-state index contributed by atoms with van der Waals surface area (Å²) in [6.45, 7) is 6.43. The molecule has 2 atom stereocenters. The van der Waals surface area contributed by atoms with Gasteiger partial charge in [-0.1, -0.05) is 32.4 Å². The van der Waals surface area contributed by atoms with E-state index in [1.54, 1.807) is 23.5 Å². The normalized spacial score (nSPS) is 21.8. The second-order valence-corrected chi connectivity index (χ2v) is 7.66. The zero-order valence-electron chi connectivity index (χ0n) is 12.3. The van der Waals surface area contributed by atoms with Crippen molar-refractivity contribution in [3.8, 4) is 5.75 Å². The zero-order valence-corrected chi connectivity index (χ0v) is 13.8. The van der Waals surface area contributed by atoms with Gasteiger partial charge >= 0.3 is 0 Å². The summed E-state index contributed by atoms with van der Waals surface area (Å²) in [5.74, 6) is 0.688. The summed E-state index contributed by atoms with van der Waals surface area (Å²) in [5.41, 5.74) is 1.68. The second kappa shape index (κ2) is 5.27. The fraction of sp³-hybridized carbons (Fsp3) is 0.438. The van der Waals surface area contributed by atoms with Crippen LogP contribution in [0.5, 0.6) is 5.75 Å². The van der Waals surface area contributed by atoms with E-state index in [0.717, 1.165) is 16.3 Å². The molecule has 0 fully saturated rings. The minimum absolute atomic E-state index is 0.0294. The van der Waals surface area contributed by atoms with Crippen LogP contribution in [0.1, 0.15) is 55.7 Å². The predicted molar refractivity (Wildman–Crippen MR) is 85.2 cm³/mol. The van der Waals surface area contributed by atoms with E-state index in [4.69, 9.17) is 16.3 Å². The highest BCUT2D eigenvalue weighted by Gasteiger charge is 2.30. The molecule has 1 aromatic carbocycles. The molecule has 2 unspecified atom stereocenters. The third-order valence-corrected chi connectivity index (χ3v) is 5.05. The van der Waals surface area contributed by atoms with Crippen LogP contribution in [0.25, 0.3) is 0 Å². The number of aromatic nitrogens is 1. The third kappa shape index (κ3) is 2.93. The molecule has 2 aromatic rings. The van der Waals surface area contributed by atoms with Crippen LogP contribution in [0.15, 0.2) is 23.6 Å². The number of ether oxygens (including phenoxy) is 1. The number of benzene rings is 1. The molecule has 1 aliphatic heterocycles. The quantitative estimate of drug-likeness (QED) is 0.830. The van der Waals surface area contributed by atoms with Crippen LogP contribution in [-0.4, -0.2) is 10.1 Å². The number of nitrogens with zero attached hydrogens (tertiary/aromatic N) is 1. The van der Waals surface area contributed by atoms with Crippen molar-refractivity contribution < 1.29 is 9.84 Å². The molecule has 3 nitrogen and oxygen atoms in total. The summed E-state index contributed by atoms with van der Waals surface area (Å²) in [7, 11) is 0. The number of aliphatic hydroxyl groups excluding tert-OH is 1.